The molecule has 0 saturated heterocycles. The number of alkyl carbamates (subject to hydrolysis) is 1. The van der Waals surface area contributed by atoms with E-state index in [0.29, 0.717) is 5.56 Å². The van der Waals surface area contributed by atoms with Gasteiger partial charge in [-0.15, -0.1) is 0 Å². The maximum absolute atomic E-state index is 12.1. The van der Waals surface area contributed by atoms with Crippen molar-refractivity contribution in [1.29, 1.82) is 0 Å². The van der Waals surface area contributed by atoms with Crippen molar-refractivity contribution in [2.24, 2.45) is 0 Å². The van der Waals surface area contributed by atoms with Gasteiger partial charge < -0.3 is 10.1 Å². The number of hydrogen-bond donors (Lipinski definition) is 1. The fraction of sp³-hybridized carbons (Fsp3) is 0.533. The van der Waals surface area contributed by atoms with Crippen molar-refractivity contribution < 1.29 is 17.9 Å². The fourth-order valence-electron chi connectivity index (χ4n) is 1.72. The van der Waals surface area contributed by atoms with Crippen molar-refractivity contribution in [3.63, 3.8) is 0 Å². The second-order valence-electron chi connectivity index (χ2n) is 6.23. The predicted molar refractivity (Wildman–Crippen MR) is 85.1 cm³/mol. The lowest BCUT2D eigenvalue weighted by molar-refractivity contribution is 0.0508. The topological polar surface area (TPSA) is 75.7 Å². The summed E-state index contributed by atoms with van der Waals surface area (Å²) in [4.78, 5) is 12.0. The normalized spacial score (nSPS) is 13.8. The molecule has 6 nitrogen and oxygen atoms in total. The van der Waals surface area contributed by atoms with Crippen LogP contribution in [0.15, 0.2) is 29.2 Å². The molecular formula is C15H24N2O4S. The molecule has 0 unspecified atom stereocenters. The van der Waals surface area contributed by atoms with Crippen LogP contribution >= 0.6 is 0 Å². The first kappa shape index (κ1) is 18.4. The molecule has 0 aliphatic rings. The highest BCUT2D eigenvalue weighted by atomic mass is 32.2. The van der Waals surface area contributed by atoms with Crippen LogP contribution < -0.4 is 5.32 Å². The summed E-state index contributed by atoms with van der Waals surface area (Å²) in [5, 5.41) is 2.69. The fourth-order valence-corrected chi connectivity index (χ4v) is 2.68. The Morgan fingerprint density at radius 1 is 1.27 bits per heavy atom. The molecule has 0 heterocycles. The Balaban J connectivity index is 2.92. The van der Waals surface area contributed by atoms with Gasteiger partial charge in [-0.3, -0.25) is 0 Å². The van der Waals surface area contributed by atoms with Gasteiger partial charge in [0.2, 0.25) is 10.0 Å². The zero-order valence-corrected chi connectivity index (χ0v) is 14.7. The molecule has 22 heavy (non-hydrogen) atoms. The Morgan fingerprint density at radius 3 is 2.36 bits per heavy atom. The maximum Gasteiger partial charge on any atom is 0.408 e. The summed E-state index contributed by atoms with van der Waals surface area (Å²) in [5.41, 5.74) is 0.105. The number of nitrogens with one attached hydrogen (secondary N) is 1. The highest BCUT2D eigenvalue weighted by molar-refractivity contribution is 7.89. The Labute approximate surface area is 132 Å². The lowest BCUT2D eigenvalue weighted by Crippen LogP contribution is -2.34. The summed E-state index contributed by atoms with van der Waals surface area (Å²) in [7, 11) is -0.548. The van der Waals surface area contributed by atoms with Gasteiger partial charge in [-0.2, -0.15) is 0 Å². The summed E-state index contributed by atoms with van der Waals surface area (Å²) in [6.07, 6.45) is -0.541. The van der Waals surface area contributed by atoms with Crippen LogP contribution in [0.4, 0.5) is 4.79 Å². The predicted octanol–water partition coefficient (Wildman–Crippen LogP) is 2.52. The molecule has 1 aromatic carbocycles. The average molecular weight is 328 g/mol. The van der Waals surface area contributed by atoms with Crippen molar-refractivity contribution in [2.45, 2.75) is 44.2 Å². The van der Waals surface area contributed by atoms with E-state index in [4.69, 9.17) is 4.74 Å². The minimum Gasteiger partial charge on any atom is -0.444 e. The quantitative estimate of drug-likeness (QED) is 0.921. The first-order valence-corrected chi connectivity index (χ1v) is 8.39. The van der Waals surface area contributed by atoms with Crippen LogP contribution in [0.1, 0.15) is 39.3 Å². The van der Waals surface area contributed by atoms with E-state index in [0.717, 1.165) is 4.31 Å². The molecule has 0 radical (unpaired) electrons. The number of rotatable bonds is 4. The Kier molecular flexibility index (Phi) is 5.59. The first-order valence-electron chi connectivity index (χ1n) is 6.95. The number of nitrogens with zero attached hydrogens (tertiary/aromatic N) is 1. The Bertz CT molecular complexity index is 633. The number of amides is 1. The van der Waals surface area contributed by atoms with Crippen LogP contribution in [-0.4, -0.2) is 38.5 Å². The van der Waals surface area contributed by atoms with E-state index in [1.807, 2.05) is 0 Å². The average Bonchev–Trinajstić information content (AvgIpc) is 2.36. The lowest BCUT2D eigenvalue weighted by Gasteiger charge is -2.22. The van der Waals surface area contributed by atoms with Crippen molar-refractivity contribution in [3.05, 3.63) is 29.8 Å². The van der Waals surface area contributed by atoms with Gasteiger partial charge in [0.05, 0.1) is 10.9 Å². The van der Waals surface area contributed by atoms with Crippen LogP contribution in [0.3, 0.4) is 0 Å². The summed E-state index contributed by atoms with van der Waals surface area (Å²) in [6.45, 7) is 7.11. The van der Waals surface area contributed by atoms with Gasteiger partial charge in [-0.1, -0.05) is 12.1 Å². The van der Waals surface area contributed by atoms with E-state index in [-0.39, 0.29) is 10.9 Å². The van der Waals surface area contributed by atoms with Crippen molar-refractivity contribution in [2.75, 3.05) is 14.1 Å². The summed E-state index contributed by atoms with van der Waals surface area (Å²) in [6, 6.07) is 6.12. The van der Waals surface area contributed by atoms with Crippen LogP contribution in [0.5, 0.6) is 0 Å². The summed E-state index contributed by atoms with van der Waals surface area (Å²) < 4.78 is 30.6. The van der Waals surface area contributed by atoms with Gasteiger partial charge in [0.1, 0.15) is 5.60 Å². The SMILES string of the molecule is C[C@@H](NC(=O)OC(C)(C)C)c1cccc(S(=O)(=O)N(C)C)c1. The zero-order chi connectivity index (χ0) is 17.1. The second kappa shape index (κ2) is 6.66. The van der Waals surface area contributed by atoms with Gasteiger partial charge in [0.15, 0.2) is 0 Å². The molecule has 1 N–H and O–H groups in total. The number of carbonyl (C=O) groups is 1. The number of benzene rings is 1. The lowest BCUT2D eigenvalue weighted by atomic mass is 10.1. The summed E-state index contributed by atoms with van der Waals surface area (Å²) in [5.74, 6) is 0. The van der Waals surface area contributed by atoms with E-state index in [2.05, 4.69) is 5.32 Å². The number of hydrogen-bond acceptors (Lipinski definition) is 4. The molecule has 1 atom stereocenters. The molecule has 1 amide bonds. The first-order chi connectivity index (χ1) is 9.93. The van der Waals surface area contributed by atoms with Crippen molar-refractivity contribution in [3.8, 4) is 0 Å². The van der Waals surface area contributed by atoms with E-state index in [1.165, 1.54) is 20.2 Å². The monoisotopic (exact) mass is 328 g/mol. The third kappa shape index (κ3) is 4.99. The molecule has 7 heteroatoms. The van der Waals surface area contributed by atoms with Crippen LogP contribution in [0.25, 0.3) is 0 Å². The van der Waals surface area contributed by atoms with Gasteiger partial charge >= 0.3 is 6.09 Å². The standard InChI is InChI=1S/C15H24N2O4S/c1-11(16-14(18)21-15(2,3)4)12-8-7-9-13(10-12)22(19,20)17(5)6/h7-11H,1-6H3,(H,16,18)/t11-/m1/s1. The zero-order valence-electron chi connectivity index (χ0n) is 13.9. The van der Waals surface area contributed by atoms with Gasteiger partial charge in [0, 0.05) is 14.1 Å². The summed E-state index contributed by atoms with van der Waals surface area (Å²) >= 11 is 0. The van der Waals surface area contributed by atoms with Gasteiger partial charge in [-0.25, -0.2) is 17.5 Å². The van der Waals surface area contributed by atoms with Crippen LogP contribution in [-0.2, 0) is 14.8 Å². The third-order valence-electron chi connectivity index (χ3n) is 2.87. The molecule has 0 aliphatic carbocycles. The number of carbonyl (C=O) groups excluding carboxylic acids is 1. The van der Waals surface area contributed by atoms with Crippen molar-refractivity contribution in [1.82, 2.24) is 9.62 Å². The van der Waals surface area contributed by atoms with Crippen LogP contribution in [0, 0.1) is 0 Å². The second-order valence-corrected chi connectivity index (χ2v) is 8.38. The largest absolute Gasteiger partial charge is 0.444 e. The molecule has 0 bridgehead atoms. The molecular weight excluding hydrogens is 304 g/mol. The van der Waals surface area contributed by atoms with E-state index in [9.17, 15) is 13.2 Å². The van der Waals surface area contributed by atoms with E-state index >= 15 is 0 Å². The van der Waals surface area contributed by atoms with Crippen LogP contribution in [0.2, 0.25) is 0 Å². The minimum atomic E-state index is -3.50. The number of sulfonamides is 1. The highest BCUT2D eigenvalue weighted by Gasteiger charge is 2.21. The Morgan fingerprint density at radius 2 is 1.86 bits per heavy atom. The van der Waals surface area contributed by atoms with E-state index in [1.54, 1.807) is 45.9 Å². The van der Waals surface area contributed by atoms with Crippen molar-refractivity contribution >= 4 is 16.1 Å². The molecule has 0 saturated carbocycles. The van der Waals surface area contributed by atoms with Gasteiger partial charge in [0.25, 0.3) is 0 Å². The smallest absolute Gasteiger partial charge is 0.408 e. The molecule has 0 fully saturated rings. The minimum absolute atomic E-state index is 0.188. The third-order valence-corrected chi connectivity index (χ3v) is 4.68. The van der Waals surface area contributed by atoms with E-state index < -0.39 is 21.7 Å². The molecule has 124 valence electrons. The molecule has 0 aromatic heterocycles. The molecule has 0 spiro atoms. The van der Waals surface area contributed by atoms with Gasteiger partial charge in [-0.05, 0) is 45.4 Å². The number of ether oxygens (including phenoxy) is 1. The molecule has 0 aliphatic heterocycles. The molecule has 1 aromatic rings. The Hall–Kier alpha value is -1.60. The maximum atomic E-state index is 12.1. The molecule has 1 rings (SSSR count). The highest BCUT2D eigenvalue weighted by Crippen LogP contribution is 2.20.